The molecule has 0 saturated carbocycles. The maximum atomic E-state index is 12.3. The van der Waals surface area contributed by atoms with Crippen LogP contribution in [0.4, 0.5) is 26.7 Å². The Morgan fingerprint density at radius 1 is 1.36 bits per heavy atom. The molecule has 0 aliphatic rings. The number of hydrogen-bond acceptors (Lipinski definition) is 2. The zero-order chi connectivity index (χ0) is 11.6. The molecule has 0 aliphatic heterocycles. The van der Waals surface area contributed by atoms with E-state index in [1.807, 2.05) is 0 Å². The van der Waals surface area contributed by atoms with Crippen molar-refractivity contribution in [3.8, 4) is 0 Å². The molecule has 3 nitrogen and oxygen atoms in total. The van der Waals surface area contributed by atoms with E-state index in [4.69, 9.17) is 5.73 Å². The molecule has 1 radical (unpaired) electrons. The Kier molecular flexibility index (Phi) is 3.66. The molecule has 8 heteroatoms. The number of amides is 1. The second-order valence-corrected chi connectivity index (χ2v) is 2.62. The summed E-state index contributed by atoms with van der Waals surface area (Å²) in [5.74, 6) is -4.91. The summed E-state index contributed by atoms with van der Waals surface area (Å²) >= 11 is 0. The summed E-state index contributed by atoms with van der Waals surface area (Å²) in [7, 11) is 0. The summed E-state index contributed by atoms with van der Waals surface area (Å²) in [6.07, 6.45) is -10.6. The van der Waals surface area contributed by atoms with Crippen LogP contribution in [0.15, 0.2) is 0 Å². The minimum absolute atomic E-state index is 0.853. The Morgan fingerprint density at radius 3 is 2.07 bits per heavy atom. The molecule has 1 amide bonds. The quantitative estimate of drug-likeness (QED) is 0.685. The Hall–Kier alpha value is -1.08. The lowest BCUT2D eigenvalue weighted by Crippen LogP contribution is -2.39. The van der Waals surface area contributed by atoms with Gasteiger partial charge in [0.1, 0.15) is 6.10 Å². The Bertz CT molecular complexity index is 215. The number of hydrogen-bond donors (Lipinski definition) is 0. The van der Waals surface area contributed by atoms with Gasteiger partial charge in [-0.1, -0.05) is 0 Å². The van der Waals surface area contributed by atoms with Gasteiger partial charge in [-0.25, -0.2) is 10.5 Å². The molecule has 0 saturated heterocycles. The van der Waals surface area contributed by atoms with Crippen molar-refractivity contribution in [2.45, 2.75) is 31.5 Å². The van der Waals surface area contributed by atoms with Crippen molar-refractivity contribution in [3.63, 3.8) is 0 Å². The van der Waals surface area contributed by atoms with Crippen molar-refractivity contribution in [3.05, 3.63) is 0 Å². The number of nitrogens with one attached hydrogen (secondary N) is 1. The van der Waals surface area contributed by atoms with E-state index in [1.54, 1.807) is 0 Å². The first kappa shape index (κ1) is 12.9. The average molecular weight is 220 g/mol. The minimum Gasteiger partial charge on any atom is -0.445 e. The highest BCUT2D eigenvalue weighted by Gasteiger charge is 2.58. The van der Waals surface area contributed by atoms with Crippen LogP contribution < -0.4 is 5.73 Å². The number of rotatable bonds is 3. The number of halogens is 5. The lowest BCUT2D eigenvalue weighted by molar-refractivity contribution is -0.289. The third-order valence-corrected chi connectivity index (χ3v) is 1.27. The SMILES string of the molecule is CC(CC(F)(F)C(F)(F)F)OC([NH])=O. The molecule has 0 rings (SSSR count). The van der Waals surface area contributed by atoms with Crippen LogP contribution in [0.2, 0.25) is 0 Å². The van der Waals surface area contributed by atoms with Gasteiger partial charge in [0, 0.05) is 0 Å². The monoisotopic (exact) mass is 220 g/mol. The van der Waals surface area contributed by atoms with Crippen LogP contribution in [0.25, 0.3) is 0 Å². The van der Waals surface area contributed by atoms with Crippen LogP contribution in [0.5, 0.6) is 0 Å². The van der Waals surface area contributed by atoms with E-state index in [0.717, 1.165) is 6.92 Å². The molecule has 1 N–H and O–H groups in total. The van der Waals surface area contributed by atoms with Crippen LogP contribution in [0.1, 0.15) is 13.3 Å². The average Bonchev–Trinajstić information content (AvgIpc) is 1.79. The molecule has 83 valence electrons. The maximum absolute atomic E-state index is 12.3. The lowest BCUT2D eigenvalue weighted by Gasteiger charge is -2.22. The van der Waals surface area contributed by atoms with Gasteiger partial charge in [0.15, 0.2) is 0 Å². The molecular formula is C6H7F5NO2. The van der Waals surface area contributed by atoms with E-state index in [9.17, 15) is 26.7 Å². The largest absolute Gasteiger partial charge is 0.453 e. The van der Waals surface area contributed by atoms with E-state index in [2.05, 4.69) is 4.74 Å². The minimum atomic E-state index is -5.67. The molecule has 0 aromatic heterocycles. The number of ether oxygens (including phenoxy) is 1. The number of carbonyl (C=O) groups is 1. The van der Waals surface area contributed by atoms with Crippen LogP contribution in [-0.4, -0.2) is 24.3 Å². The smallest absolute Gasteiger partial charge is 0.445 e. The lowest BCUT2D eigenvalue weighted by atomic mass is 10.1. The second kappa shape index (κ2) is 3.97. The summed E-state index contributed by atoms with van der Waals surface area (Å²) < 4.78 is 63.1. The van der Waals surface area contributed by atoms with Gasteiger partial charge in [-0.15, -0.1) is 0 Å². The first-order valence-corrected chi connectivity index (χ1v) is 3.43. The van der Waals surface area contributed by atoms with Gasteiger partial charge in [0.2, 0.25) is 0 Å². The Balaban J connectivity index is 4.29. The Morgan fingerprint density at radius 2 is 1.79 bits per heavy atom. The van der Waals surface area contributed by atoms with Crippen LogP contribution in [-0.2, 0) is 4.74 Å². The Labute approximate surface area is 76.0 Å². The number of carbonyl (C=O) groups excluding carboxylic acids is 1. The molecule has 0 aromatic carbocycles. The van der Waals surface area contributed by atoms with Crippen molar-refractivity contribution in [2.75, 3.05) is 0 Å². The third kappa shape index (κ3) is 3.75. The van der Waals surface area contributed by atoms with E-state index in [-0.39, 0.29) is 0 Å². The topological polar surface area (TPSA) is 50.1 Å². The van der Waals surface area contributed by atoms with Gasteiger partial charge in [-0.3, -0.25) is 0 Å². The molecule has 1 unspecified atom stereocenters. The van der Waals surface area contributed by atoms with Gasteiger partial charge in [0.25, 0.3) is 0 Å². The van der Waals surface area contributed by atoms with E-state index in [1.165, 1.54) is 0 Å². The fourth-order valence-electron chi connectivity index (χ4n) is 0.701. The van der Waals surface area contributed by atoms with Gasteiger partial charge in [-0.2, -0.15) is 22.0 Å². The highest BCUT2D eigenvalue weighted by molar-refractivity contribution is 5.63. The summed E-state index contributed by atoms with van der Waals surface area (Å²) in [6, 6.07) is 0. The predicted octanol–water partition coefficient (Wildman–Crippen LogP) is 2.38. The molecule has 0 spiro atoms. The molecule has 0 aromatic rings. The van der Waals surface area contributed by atoms with Gasteiger partial charge < -0.3 is 4.74 Å². The molecule has 0 heterocycles. The summed E-state index contributed by atoms with van der Waals surface area (Å²) in [4.78, 5) is 9.91. The third-order valence-electron chi connectivity index (χ3n) is 1.27. The van der Waals surface area contributed by atoms with Crippen molar-refractivity contribution in [1.82, 2.24) is 5.73 Å². The van der Waals surface area contributed by atoms with Crippen molar-refractivity contribution < 1.29 is 31.5 Å². The van der Waals surface area contributed by atoms with E-state index in [0.29, 0.717) is 0 Å². The van der Waals surface area contributed by atoms with Crippen molar-refractivity contribution >= 4 is 6.09 Å². The van der Waals surface area contributed by atoms with Crippen LogP contribution in [0, 0.1) is 0 Å². The molecule has 0 aliphatic carbocycles. The van der Waals surface area contributed by atoms with Crippen LogP contribution in [0.3, 0.4) is 0 Å². The molecule has 14 heavy (non-hydrogen) atoms. The van der Waals surface area contributed by atoms with Gasteiger partial charge in [0.05, 0.1) is 6.42 Å². The van der Waals surface area contributed by atoms with Crippen molar-refractivity contribution in [2.24, 2.45) is 0 Å². The zero-order valence-electron chi connectivity index (χ0n) is 6.99. The van der Waals surface area contributed by atoms with Gasteiger partial charge >= 0.3 is 18.2 Å². The van der Waals surface area contributed by atoms with Gasteiger partial charge in [-0.05, 0) is 6.92 Å². The zero-order valence-corrected chi connectivity index (χ0v) is 6.99. The fraction of sp³-hybridized carbons (Fsp3) is 0.833. The maximum Gasteiger partial charge on any atom is 0.453 e. The molecule has 0 fully saturated rings. The normalized spacial score (nSPS) is 15.0. The second-order valence-electron chi connectivity index (χ2n) is 2.62. The summed E-state index contributed by atoms with van der Waals surface area (Å²) in [5.41, 5.74) is 6.18. The van der Waals surface area contributed by atoms with Crippen LogP contribution >= 0.6 is 0 Å². The first-order chi connectivity index (χ1) is 6.06. The first-order valence-electron chi connectivity index (χ1n) is 3.43. The summed E-state index contributed by atoms with van der Waals surface area (Å²) in [5, 5.41) is 0. The highest BCUT2D eigenvalue weighted by atomic mass is 19.4. The van der Waals surface area contributed by atoms with E-state index < -0.39 is 30.7 Å². The van der Waals surface area contributed by atoms with E-state index >= 15 is 0 Å². The number of alkyl halides is 5. The molecule has 1 atom stereocenters. The standard InChI is InChI=1S/C6H7F5NO2/c1-3(14-4(12)13)2-5(7,8)6(9,10)11/h3,12H,2H2,1H3. The molecule has 0 bridgehead atoms. The molecular weight excluding hydrogens is 213 g/mol. The fourth-order valence-corrected chi connectivity index (χ4v) is 0.701. The summed E-state index contributed by atoms with van der Waals surface area (Å²) in [6.45, 7) is 0.853. The highest BCUT2D eigenvalue weighted by Crippen LogP contribution is 2.39. The predicted molar refractivity (Wildman–Crippen MR) is 34.7 cm³/mol. The van der Waals surface area contributed by atoms with Crippen molar-refractivity contribution in [1.29, 1.82) is 0 Å².